The molecule has 0 aromatic rings. The fourth-order valence-electron chi connectivity index (χ4n) is 1.65. The van der Waals surface area contributed by atoms with Crippen LogP contribution in [0.15, 0.2) is 0 Å². The molecule has 62 valence electrons. The lowest BCUT2D eigenvalue weighted by Crippen LogP contribution is -2.31. The lowest BCUT2D eigenvalue weighted by Gasteiger charge is -2.14. The molecule has 11 heavy (non-hydrogen) atoms. The predicted octanol–water partition coefficient (Wildman–Crippen LogP) is 0.499. The number of amides is 1. The Morgan fingerprint density at radius 1 is 1.64 bits per heavy atom. The van der Waals surface area contributed by atoms with Crippen molar-refractivity contribution in [1.82, 2.24) is 8.01 Å². The van der Waals surface area contributed by atoms with E-state index in [1.165, 1.54) is 6.42 Å². The molecule has 0 bridgehead atoms. The Labute approximate surface area is 80.2 Å². The van der Waals surface area contributed by atoms with Gasteiger partial charge in [0.25, 0.3) is 0 Å². The van der Waals surface area contributed by atoms with E-state index < -0.39 is 0 Å². The van der Waals surface area contributed by atoms with Crippen LogP contribution in [0.4, 0.5) is 0 Å². The summed E-state index contributed by atoms with van der Waals surface area (Å²) in [5.74, 6) is 1.02. The summed E-state index contributed by atoms with van der Waals surface area (Å²) in [4.78, 5) is 13.5. The third-order valence-corrected chi connectivity index (χ3v) is 3.62. The molecule has 0 spiro atoms. The Morgan fingerprint density at radius 2 is 2.36 bits per heavy atom. The summed E-state index contributed by atoms with van der Waals surface area (Å²) in [6.45, 7) is 1.69. The number of likely N-dealkylation sites (N-methyl/N-ethyl adjacent to an activating group) is 1. The standard InChI is InChI=1S/C7H11IN2O/c1-9-3-5-2-6(5)10(8)7(11)4-9/h5-6H,2-4H2,1H3. The minimum absolute atomic E-state index is 0.262. The minimum Gasteiger partial charge on any atom is -0.297 e. The Hall–Kier alpha value is 0.160. The first-order valence-corrected chi connectivity index (χ1v) is 4.81. The highest BCUT2D eigenvalue weighted by atomic mass is 127. The number of fused-ring (bicyclic) bond motifs is 1. The summed E-state index contributed by atoms with van der Waals surface area (Å²) >= 11 is 2.14. The first-order chi connectivity index (χ1) is 5.18. The number of nitrogens with zero attached hydrogens (tertiary/aromatic N) is 2. The molecule has 4 heteroatoms. The maximum Gasteiger partial charge on any atom is 0.245 e. The van der Waals surface area contributed by atoms with Gasteiger partial charge in [-0.1, -0.05) is 0 Å². The molecular weight excluding hydrogens is 255 g/mol. The highest BCUT2D eigenvalue weighted by molar-refractivity contribution is 14.1. The molecule has 2 unspecified atom stereocenters. The Bertz CT molecular complexity index is 197. The summed E-state index contributed by atoms with van der Waals surface area (Å²) in [6.07, 6.45) is 1.21. The number of carbonyl (C=O) groups excluding carboxylic acids is 1. The first kappa shape index (κ1) is 7.79. The van der Waals surface area contributed by atoms with Crippen LogP contribution in [0.1, 0.15) is 6.42 Å². The van der Waals surface area contributed by atoms with Gasteiger partial charge in [-0.2, -0.15) is 0 Å². The van der Waals surface area contributed by atoms with Crippen LogP contribution < -0.4 is 0 Å². The molecule has 1 saturated carbocycles. The van der Waals surface area contributed by atoms with E-state index in [0.717, 1.165) is 12.5 Å². The first-order valence-electron chi connectivity index (χ1n) is 3.85. The van der Waals surface area contributed by atoms with Gasteiger partial charge in [0.1, 0.15) is 0 Å². The van der Waals surface area contributed by atoms with Crippen molar-refractivity contribution in [2.75, 3.05) is 20.1 Å². The van der Waals surface area contributed by atoms with E-state index >= 15 is 0 Å². The molecule has 2 atom stereocenters. The van der Waals surface area contributed by atoms with E-state index in [9.17, 15) is 4.79 Å². The molecule has 2 fully saturated rings. The van der Waals surface area contributed by atoms with Gasteiger partial charge in [-0.25, -0.2) is 0 Å². The summed E-state index contributed by atoms with van der Waals surface area (Å²) < 4.78 is 1.88. The second-order valence-corrected chi connectivity index (χ2v) is 4.50. The average molecular weight is 266 g/mol. The molecule has 0 radical (unpaired) electrons. The van der Waals surface area contributed by atoms with Crippen molar-refractivity contribution in [1.29, 1.82) is 0 Å². The third kappa shape index (κ3) is 1.38. The fraction of sp³-hybridized carbons (Fsp3) is 0.857. The van der Waals surface area contributed by atoms with Crippen molar-refractivity contribution < 1.29 is 4.79 Å². The molecule has 0 aromatic carbocycles. The summed E-state index contributed by atoms with van der Waals surface area (Å²) in [5, 5.41) is 0. The average Bonchev–Trinajstić information content (AvgIpc) is 2.64. The third-order valence-electron chi connectivity index (χ3n) is 2.37. The van der Waals surface area contributed by atoms with Gasteiger partial charge < -0.3 is 0 Å². The molecule has 0 aromatic heterocycles. The molecule has 1 saturated heterocycles. The predicted molar refractivity (Wildman–Crippen MR) is 50.3 cm³/mol. The van der Waals surface area contributed by atoms with E-state index in [0.29, 0.717) is 12.6 Å². The van der Waals surface area contributed by atoms with Gasteiger partial charge in [0.2, 0.25) is 5.91 Å². The normalized spacial score (nSPS) is 38.4. The van der Waals surface area contributed by atoms with Crippen molar-refractivity contribution in [2.45, 2.75) is 12.5 Å². The van der Waals surface area contributed by atoms with Gasteiger partial charge in [0.05, 0.1) is 29.4 Å². The molecule has 1 aliphatic carbocycles. The van der Waals surface area contributed by atoms with E-state index in [4.69, 9.17) is 0 Å². The molecule has 1 aliphatic heterocycles. The zero-order chi connectivity index (χ0) is 8.01. The van der Waals surface area contributed by atoms with Crippen molar-refractivity contribution >= 4 is 28.8 Å². The van der Waals surface area contributed by atoms with E-state index in [-0.39, 0.29) is 5.91 Å². The van der Waals surface area contributed by atoms with Crippen LogP contribution >= 0.6 is 22.9 Å². The number of hydrogen-bond donors (Lipinski definition) is 0. The number of carbonyl (C=O) groups is 1. The number of halogens is 1. The minimum atomic E-state index is 0.262. The molecule has 3 nitrogen and oxygen atoms in total. The molecule has 2 aliphatic rings. The van der Waals surface area contributed by atoms with Crippen molar-refractivity contribution in [3.63, 3.8) is 0 Å². The quantitative estimate of drug-likeness (QED) is 0.471. The maximum atomic E-state index is 11.3. The van der Waals surface area contributed by atoms with Crippen molar-refractivity contribution in [3.8, 4) is 0 Å². The van der Waals surface area contributed by atoms with Crippen LogP contribution in [0, 0.1) is 5.92 Å². The summed E-state index contributed by atoms with van der Waals surface area (Å²) in [5.41, 5.74) is 0. The number of hydrogen-bond acceptors (Lipinski definition) is 2. The van der Waals surface area contributed by atoms with Crippen molar-refractivity contribution in [3.05, 3.63) is 0 Å². The Balaban J connectivity index is 2.10. The molecular formula is C7H11IN2O. The van der Waals surface area contributed by atoms with Crippen LogP contribution in [-0.2, 0) is 4.79 Å². The summed E-state index contributed by atoms with van der Waals surface area (Å²) in [7, 11) is 2.02. The highest BCUT2D eigenvalue weighted by Gasteiger charge is 2.45. The van der Waals surface area contributed by atoms with Crippen LogP contribution in [0.5, 0.6) is 0 Å². The smallest absolute Gasteiger partial charge is 0.245 e. The van der Waals surface area contributed by atoms with E-state index in [1.807, 2.05) is 10.2 Å². The van der Waals surface area contributed by atoms with Crippen LogP contribution in [0.25, 0.3) is 0 Å². The Kier molecular flexibility index (Phi) is 1.83. The topological polar surface area (TPSA) is 23.6 Å². The zero-order valence-corrected chi connectivity index (χ0v) is 8.61. The molecule has 1 heterocycles. The second-order valence-electron chi connectivity index (χ2n) is 3.46. The monoisotopic (exact) mass is 266 g/mol. The van der Waals surface area contributed by atoms with Crippen LogP contribution in [-0.4, -0.2) is 40.1 Å². The second kappa shape index (κ2) is 2.58. The lowest BCUT2D eigenvalue weighted by molar-refractivity contribution is -0.125. The van der Waals surface area contributed by atoms with Crippen molar-refractivity contribution in [2.24, 2.45) is 5.92 Å². The van der Waals surface area contributed by atoms with Gasteiger partial charge in [0, 0.05) is 12.6 Å². The van der Waals surface area contributed by atoms with Crippen LogP contribution in [0.3, 0.4) is 0 Å². The summed E-state index contributed by atoms with van der Waals surface area (Å²) in [6, 6.07) is 0.549. The fourth-order valence-corrected chi connectivity index (χ4v) is 2.49. The maximum absolute atomic E-state index is 11.3. The SMILES string of the molecule is CN1CC(=O)N(I)C2CC2C1. The zero-order valence-electron chi connectivity index (χ0n) is 6.46. The lowest BCUT2D eigenvalue weighted by atomic mass is 10.4. The largest absolute Gasteiger partial charge is 0.297 e. The van der Waals surface area contributed by atoms with E-state index in [2.05, 4.69) is 27.8 Å². The van der Waals surface area contributed by atoms with E-state index in [1.54, 1.807) is 0 Å². The number of rotatable bonds is 0. The van der Waals surface area contributed by atoms with Gasteiger partial charge in [-0.3, -0.25) is 12.8 Å². The highest BCUT2D eigenvalue weighted by Crippen LogP contribution is 2.39. The molecule has 2 rings (SSSR count). The van der Waals surface area contributed by atoms with Gasteiger partial charge in [-0.15, -0.1) is 0 Å². The van der Waals surface area contributed by atoms with Crippen LogP contribution in [0.2, 0.25) is 0 Å². The molecule has 1 amide bonds. The van der Waals surface area contributed by atoms with Gasteiger partial charge in [0.15, 0.2) is 0 Å². The Morgan fingerprint density at radius 3 is 3.09 bits per heavy atom. The van der Waals surface area contributed by atoms with Gasteiger partial charge >= 0.3 is 0 Å². The molecule has 0 N–H and O–H groups in total. The van der Waals surface area contributed by atoms with Gasteiger partial charge in [-0.05, 0) is 19.4 Å².